The lowest BCUT2D eigenvalue weighted by Crippen LogP contribution is -2.45. The monoisotopic (exact) mass is 295 g/mol. The molecule has 0 heterocycles. The molecule has 0 aromatic heterocycles. The number of rotatable bonds is 5. The molecule has 0 aliphatic carbocycles. The van der Waals surface area contributed by atoms with Gasteiger partial charge in [-0.3, -0.25) is 10.1 Å². The molecule has 0 saturated carbocycles. The molecule has 1 atom stereocenters. The van der Waals surface area contributed by atoms with Gasteiger partial charge in [0.05, 0.1) is 0 Å². The van der Waals surface area contributed by atoms with E-state index in [1.165, 1.54) is 25.1 Å². The van der Waals surface area contributed by atoms with Crippen LogP contribution in [0.25, 0.3) is 0 Å². The molecule has 8 heteroatoms. The summed E-state index contributed by atoms with van der Waals surface area (Å²) in [6, 6.07) is 3.65. The number of nitrogens with two attached hydrogens (primary N) is 1. The number of nitrogen functional groups attached to an aromatic ring is 1. The molecule has 0 aliphatic heterocycles. The maximum absolute atomic E-state index is 11.7. The van der Waals surface area contributed by atoms with E-state index in [4.69, 9.17) is 15.6 Å². The fourth-order valence-electron chi connectivity index (χ4n) is 1.54. The highest BCUT2D eigenvalue weighted by atomic mass is 16.5. The molecule has 1 rings (SSSR count). The Morgan fingerprint density at radius 3 is 2.62 bits per heavy atom. The Balaban J connectivity index is 2.82. The highest BCUT2D eigenvalue weighted by molar-refractivity contribution is 5.98. The second-order valence-corrected chi connectivity index (χ2v) is 4.13. The normalized spacial score (nSPS) is 11.3. The van der Waals surface area contributed by atoms with Crippen LogP contribution in [0.2, 0.25) is 0 Å². The van der Waals surface area contributed by atoms with Gasteiger partial charge in [-0.1, -0.05) is 6.07 Å². The first kappa shape index (κ1) is 16.3. The van der Waals surface area contributed by atoms with Crippen molar-refractivity contribution in [1.82, 2.24) is 10.6 Å². The molecule has 0 radical (unpaired) electrons. The van der Waals surface area contributed by atoms with Crippen LogP contribution >= 0.6 is 0 Å². The summed E-state index contributed by atoms with van der Waals surface area (Å²) in [5, 5.41) is 13.6. The molecule has 1 unspecified atom stereocenters. The lowest BCUT2D eigenvalue weighted by Gasteiger charge is -2.16. The van der Waals surface area contributed by atoms with Gasteiger partial charge in [-0.2, -0.15) is 0 Å². The van der Waals surface area contributed by atoms with Crippen LogP contribution in [0.1, 0.15) is 24.2 Å². The van der Waals surface area contributed by atoms with E-state index in [1.54, 1.807) is 6.92 Å². The van der Waals surface area contributed by atoms with Crippen LogP contribution in [0.15, 0.2) is 18.2 Å². The molecule has 8 nitrogen and oxygen atoms in total. The average molecular weight is 295 g/mol. The van der Waals surface area contributed by atoms with Crippen LogP contribution in [-0.4, -0.2) is 35.7 Å². The Morgan fingerprint density at radius 1 is 1.38 bits per heavy atom. The van der Waals surface area contributed by atoms with Crippen LogP contribution in [-0.2, 0) is 4.79 Å². The number of imide groups is 1. The van der Waals surface area contributed by atoms with Gasteiger partial charge in [0.1, 0.15) is 11.3 Å². The Kier molecular flexibility index (Phi) is 5.53. The molecule has 0 aliphatic rings. The van der Waals surface area contributed by atoms with Gasteiger partial charge in [0, 0.05) is 12.2 Å². The molecule has 21 heavy (non-hydrogen) atoms. The van der Waals surface area contributed by atoms with Crippen LogP contribution < -0.4 is 21.1 Å². The van der Waals surface area contributed by atoms with Crippen molar-refractivity contribution in [3.05, 3.63) is 23.8 Å². The predicted octanol–water partition coefficient (Wildman–Crippen LogP) is 0.580. The van der Waals surface area contributed by atoms with E-state index >= 15 is 0 Å². The zero-order valence-corrected chi connectivity index (χ0v) is 11.7. The number of aromatic carboxylic acids is 1. The maximum Gasteiger partial charge on any atom is 0.341 e. The molecule has 3 amide bonds. The lowest BCUT2D eigenvalue weighted by atomic mass is 10.1. The molecular formula is C13H17N3O5. The summed E-state index contributed by atoms with van der Waals surface area (Å²) in [6.07, 6.45) is -1.06. The van der Waals surface area contributed by atoms with E-state index in [-0.39, 0.29) is 17.0 Å². The van der Waals surface area contributed by atoms with Gasteiger partial charge in [0.15, 0.2) is 6.10 Å². The number of urea groups is 1. The van der Waals surface area contributed by atoms with Gasteiger partial charge < -0.3 is 20.9 Å². The van der Waals surface area contributed by atoms with Crippen molar-refractivity contribution in [3.8, 4) is 5.75 Å². The Morgan fingerprint density at radius 2 is 2.05 bits per heavy atom. The summed E-state index contributed by atoms with van der Waals surface area (Å²) in [5.41, 5.74) is 5.37. The second kappa shape index (κ2) is 7.13. The standard InChI is InChI=1S/C13H17N3O5/c1-3-15-13(20)16-11(17)7(2)21-9-6-4-5-8(14)10(9)12(18)19/h4-7H,3,14H2,1-2H3,(H,18,19)(H2,15,16,17,20). The first-order valence-corrected chi connectivity index (χ1v) is 6.24. The van der Waals surface area contributed by atoms with Crippen molar-refractivity contribution in [2.75, 3.05) is 12.3 Å². The number of ether oxygens (including phenoxy) is 1. The van der Waals surface area contributed by atoms with Crippen molar-refractivity contribution in [1.29, 1.82) is 0 Å². The van der Waals surface area contributed by atoms with Crippen molar-refractivity contribution < 1.29 is 24.2 Å². The summed E-state index contributed by atoms with van der Waals surface area (Å²) in [5.74, 6) is -2.00. The van der Waals surface area contributed by atoms with Crippen LogP contribution in [0, 0.1) is 0 Å². The molecule has 1 aromatic rings. The van der Waals surface area contributed by atoms with Gasteiger partial charge in [-0.25, -0.2) is 9.59 Å². The molecule has 0 spiro atoms. The molecule has 1 aromatic carbocycles. The summed E-state index contributed by atoms with van der Waals surface area (Å²) >= 11 is 0. The third kappa shape index (κ3) is 4.37. The van der Waals surface area contributed by atoms with Gasteiger partial charge in [0.25, 0.3) is 5.91 Å². The van der Waals surface area contributed by atoms with E-state index in [0.29, 0.717) is 6.54 Å². The minimum atomic E-state index is -1.26. The van der Waals surface area contributed by atoms with Crippen molar-refractivity contribution in [2.24, 2.45) is 0 Å². The Labute approximate surface area is 121 Å². The number of carboxylic acid groups (broad SMARTS) is 1. The fraction of sp³-hybridized carbons (Fsp3) is 0.308. The summed E-state index contributed by atoms with van der Waals surface area (Å²) < 4.78 is 5.28. The highest BCUT2D eigenvalue weighted by Gasteiger charge is 2.21. The second-order valence-electron chi connectivity index (χ2n) is 4.13. The number of nitrogens with one attached hydrogen (secondary N) is 2. The van der Waals surface area contributed by atoms with Crippen LogP contribution in [0.5, 0.6) is 5.75 Å². The van der Waals surface area contributed by atoms with Crippen LogP contribution in [0.4, 0.5) is 10.5 Å². The Bertz CT molecular complexity index is 559. The minimum absolute atomic E-state index is 0.0244. The van der Waals surface area contributed by atoms with E-state index in [1.807, 2.05) is 0 Å². The smallest absolute Gasteiger partial charge is 0.341 e. The first-order valence-electron chi connectivity index (χ1n) is 6.24. The number of hydrogen-bond acceptors (Lipinski definition) is 5. The van der Waals surface area contributed by atoms with Crippen molar-refractivity contribution >= 4 is 23.6 Å². The van der Waals surface area contributed by atoms with Gasteiger partial charge in [-0.05, 0) is 26.0 Å². The van der Waals surface area contributed by atoms with Crippen LogP contribution in [0.3, 0.4) is 0 Å². The molecule has 0 fully saturated rings. The fourth-order valence-corrected chi connectivity index (χ4v) is 1.54. The number of hydrogen-bond donors (Lipinski definition) is 4. The van der Waals surface area contributed by atoms with Gasteiger partial charge >= 0.3 is 12.0 Å². The van der Waals surface area contributed by atoms with E-state index in [0.717, 1.165) is 0 Å². The van der Waals surface area contributed by atoms with Gasteiger partial charge in [0.2, 0.25) is 0 Å². The zero-order valence-electron chi connectivity index (χ0n) is 11.7. The molecular weight excluding hydrogens is 278 g/mol. The number of benzene rings is 1. The minimum Gasteiger partial charge on any atom is -0.480 e. The number of carbonyl (C=O) groups excluding carboxylic acids is 2. The lowest BCUT2D eigenvalue weighted by molar-refractivity contribution is -0.126. The first-order chi connectivity index (χ1) is 9.86. The van der Waals surface area contributed by atoms with E-state index in [9.17, 15) is 14.4 Å². The van der Waals surface area contributed by atoms with Gasteiger partial charge in [-0.15, -0.1) is 0 Å². The van der Waals surface area contributed by atoms with Crippen molar-refractivity contribution in [2.45, 2.75) is 20.0 Å². The van der Waals surface area contributed by atoms with E-state index in [2.05, 4.69) is 10.6 Å². The molecule has 114 valence electrons. The third-order valence-electron chi connectivity index (χ3n) is 2.52. The maximum atomic E-state index is 11.7. The molecule has 5 N–H and O–H groups in total. The van der Waals surface area contributed by atoms with E-state index < -0.39 is 24.0 Å². The summed E-state index contributed by atoms with van der Waals surface area (Å²) in [7, 11) is 0. The summed E-state index contributed by atoms with van der Waals surface area (Å²) in [6.45, 7) is 3.46. The largest absolute Gasteiger partial charge is 0.480 e. The number of amides is 3. The van der Waals surface area contributed by atoms with Crippen molar-refractivity contribution in [3.63, 3.8) is 0 Å². The number of carboxylic acids is 1. The number of anilines is 1. The molecule has 0 bridgehead atoms. The Hall–Kier alpha value is -2.77. The highest BCUT2D eigenvalue weighted by Crippen LogP contribution is 2.25. The SMILES string of the molecule is CCNC(=O)NC(=O)C(C)Oc1cccc(N)c1C(=O)O. The summed E-state index contributed by atoms with van der Waals surface area (Å²) in [4.78, 5) is 34.1. The molecule has 0 saturated heterocycles. The quantitative estimate of drug-likeness (QED) is 0.588. The third-order valence-corrected chi connectivity index (χ3v) is 2.52. The topological polar surface area (TPSA) is 131 Å². The zero-order chi connectivity index (χ0) is 16.0. The number of carbonyl (C=O) groups is 3. The predicted molar refractivity (Wildman–Crippen MR) is 75.1 cm³/mol. The average Bonchev–Trinajstić information content (AvgIpc) is 2.38.